The number of nitrogen functional groups attached to an aromatic ring is 1. The van der Waals surface area contributed by atoms with Crippen LogP contribution in [0.4, 0.5) is 23.0 Å². The number of anilines is 4. The lowest BCUT2D eigenvalue weighted by atomic mass is 10.1. The summed E-state index contributed by atoms with van der Waals surface area (Å²) < 4.78 is 7.56. The molecule has 5 rings (SSSR count). The van der Waals surface area contributed by atoms with Crippen LogP contribution in [0.2, 0.25) is 5.02 Å². The first-order valence-corrected chi connectivity index (χ1v) is 12.1. The van der Waals surface area contributed by atoms with Gasteiger partial charge in [-0.3, -0.25) is 4.79 Å². The molecule has 37 heavy (non-hydrogen) atoms. The fraction of sp³-hybridized carbons (Fsp3) is 0.269. The summed E-state index contributed by atoms with van der Waals surface area (Å²) in [4.78, 5) is 29.2. The third-order valence-electron chi connectivity index (χ3n) is 6.55. The number of aryl methyl sites for hydroxylation is 1. The number of hydrogen-bond acceptors (Lipinski definition) is 8. The molecule has 0 bridgehead atoms. The molecule has 3 heterocycles. The van der Waals surface area contributed by atoms with Crippen LogP contribution in [0.1, 0.15) is 0 Å². The van der Waals surface area contributed by atoms with Gasteiger partial charge in [0.2, 0.25) is 5.95 Å². The number of fused-ring (bicyclic) bond motifs is 5. The standard InChI is InChI=1S/C26H29ClN8O2/c1-33(2)8-9-34(3)20-12-21(37-5)18(11-17(20)28)30-26-29-13-16-23(31-26)22-15-7-6-14(27)10-19(15)35(4)24(22)32-25(16)36/h6-7,10-13H,8-9,28H2,1-5H3,(H,32,36)(H,29,30,31). The van der Waals surface area contributed by atoms with E-state index in [2.05, 4.69) is 25.1 Å². The van der Waals surface area contributed by atoms with Gasteiger partial charge in [-0.05, 0) is 32.3 Å². The van der Waals surface area contributed by atoms with E-state index < -0.39 is 0 Å². The number of methoxy groups -OCH3 is 1. The first kappa shape index (κ1) is 24.7. The molecule has 0 radical (unpaired) electrons. The lowest BCUT2D eigenvalue weighted by Gasteiger charge is -2.24. The Morgan fingerprint density at radius 2 is 1.95 bits per heavy atom. The maximum atomic E-state index is 12.9. The number of nitrogens with zero attached hydrogens (tertiary/aromatic N) is 5. The Labute approximate surface area is 218 Å². The van der Waals surface area contributed by atoms with E-state index in [-0.39, 0.29) is 5.56 Å². The predicted octanol–water partition coefficient (Wildman–Crippen LogP) is 3.95. The molecule has 0 atom stereocenters. The molecular weight excluding hydrogens is 492 g/mol. The predicted molar refractivity (Wildman–Crippen MR) is 152 cm³/mol. The van der Waals surface area contributed by atoms with Crippen LogP contribution in [0.15, 0.2) is 41.3 Å². The van der Waals surface area contributed by atoms with Crippen LogP contribution in [-0.2, 0) is 7.05 Å². The van der Waals surface area contributed by atoms with Gasteiger partial charge in [0.15, 0.2) is 0 Å². The van der Waals surface area contributed by atoms with E-state index in [4.69, 9.17) is 27.1 Å². The van der Waals surface area contributed by atoms with Crippen molar-refractivity contribution in [2.75, 3.05) is 57.3 Å². The highest BCUT2D eigenvalue weighted by atomic mass is 35.5. The van der Waals surface area contributed by atoms with Gasteiger partial charge in [0.1, 0.15) is 11.4 Å². The fourth-order valence-electron chi connectivity index (χ4n) is 4.54. The van der Waals surface area contributed by atoms with Crippen LogP contribution >= 0.6 is 11.6 Å². The molecule has 11 heteroatoms. The van der Waals surface area contributed by atoms with Crippen LogP contribution in [0.5, 0.6) is 5.75 Å². The van der Waals surface area contributed by atoms with Crippen molar-refractivity contribution in [3.63, 3.8) is 0 Å². The van der Waals surface area contributed by atoms with Crippen molar-refractivity contribution in [1.82, 2.24) is 24.4 Å². The highest BCUT2D eigenvalue weighted by Gasteiger charge is 2.18. The van der Waals surface area contributed by atoms with Crippen molar-refractivity contribution in [2.24, 2.45) is 7.05 Å². The summed E-state index contributed by atoms with van der Waals surface area (Å²) in [7, 11) is 9.54. The van der Waals surface area contributed by atoms with E-state index in [1.54, 1.807) is 13.2 Å². The third kappa shape index (κ3) is 4.38. The van der Waals surface area contributed by atoms with E-state index in [1.807, 2.05) is 57.0 Å². The van der Waals surface area contributed by atoms with Gasteiger partial charge >= 0.3 is 0 Å². The zero-order valence-corrected chi connectivity index (χ0v) is 22.1. The van der Waals surface area contributed by atoms with Crippen LogP contribution in [0.3, 0.4) is 0 Å². The minimum absolute atomic E-state index is 0.266. The van der Waals surface area contributed by atoms with Crippen LogP contribution in [0, 0.1) is 0 Å². The van der Waals surface area contributed by atoms with Crippen LogP contribution in [-0.4, -0.2) is 65.8 Å². The molecule has 5 aromatic rings. The van der Waals surface area contributed by atoms with Crippen molar-refractivity contribution < 1.29 is 4.74 Å². The number of benzene rings is 2. The summed E-state index contributed by atoms with van der Waals surface area (Å²) >= 11 is 6.24. The minimum Gasteiger partial charge on any atom is -0.494 e. The summed E-state index contributed by atoms with van der Waals surface area (Å²) in [5.74, 6) is 0.914. The quantitative estimate of drug-likeness (QED) is 0.276. The summed E-state index contributed by atoms with van der Waals surface area (Å²) in [6, 6.07) is 9.33. The average Bonchev–Trinajstić information content (AvgIpc) is 3.13. The number of nitrogens with two attached hydrogens (primary N) is 1. The number of H-pyrrole nitrogens is 1. The van der Waals surface area contributed by atoms with Crippen molar-refractivity contribution in [2.45, 2.75) is 0 Å². The van der Waals surface area contributed by atoms with Crippen molar-refractivity contribution in [1.29, 1.82) is 0 Å². The Morgan fingerprint density at radius 3 is 2.68 bits per heavy atom. The van der Waals surface area contributed by atoms with Gasteiger partial charge < -0.3 is 35.1 Å². The molecule has 0 fully saturated rings. The number of likely N-dealkylation sites (N-methyl/N-ethyl adjacent to an activating group) is 2. The number of rotatable bonds is 7. The van der Waals surface area contributed by atoms with Crippen LogP contribution < -0.4 is 26.2 Å². The van der Waals surface area contributed by atoms with E-state index in [0.717, 1.165) is 35.1 Å². The zero-order valence-electron chi connectivity index (χ0n) is 21.4. The van der Waals surface area contributed by atoms with Gasteiger partial charge in [0.05, 0.1) is 46.0 Å². The molecule has 0 amide bonds. The molecule has 0 spiro atoms. The number of nitrogens with one attached hydrogen (secondary N) is 2. The topological polar surface area (TPSA) is 117 Å². The molecule has 4 N–H and O–H groups in total. The zero-order chi connectivity index (χ0) is 26.4. The third-order valence-corrected chi connectivity index (χ3v) is 6.79. The Bertz CT molecular complexity index is 1710. The number of pyridine rings is 1. The normalized spacial score (nSPS) is 11.6. The number of aromatic nitrogens is 4. The lowest BCUT2D eigenvalue weighted by Crippen LogP contribution is -2.29. The largest absolute Gasteiger partial charge is 0.494 e. The summed E-state index contributed by atoms with van der Waals surface area (Å²) in [6.45, 7) is 1.69. The molecule has 0 saturated carbocycles. The molecule has 0 aliphatic heterocycles. The van der Waals surface area contributed by atoms with Gasteiger partial charge in [-0.2, -0.15) is 0 Å². The molecule has 0 aliphatic rings. The van der Waals surface area contributed by atoms with Gasteiger partial charge in [0, 0.05) is 49.9 Å². The number of hydrogen-bond donors (Lipinski definition) is 3. The second kappa shape index (κ2) is 9.45. The van der Waals surface area contributed by atoms with E-state index in [0.29, 0.717) is 44.6 Å². The van der Waals surface area contributed by atoms with Crippen molar-refractivity contribution in [3.8, 4) is 5.75 Å². The summed E-state index contributed by atoms with van der Waals surface area (Å²) in [6.07, 6.45) is 1.52. The average molecular weight is 521 g/mol. The van der Waals surface area contributed by atoms with E-state index in [1.165, 1.54) is 6.20 Å². The molecule has 192 valence electrons. The molecule has 2 aromatic carbocycles. The maximum absolute atomic E-state index is 12.9. The van der Waals surface area contributed by atoms with Gasteiger partial charge in [-0.1, -0.05) is 17.7 Å². The smallest absolute Gasteiger partial charge is 0.260 e. The summed E-state index contributed by atoms with van der Waals surface area (Å²) in [5.41, 5.74) is 10.3. The number of ether oxygens (including phenoxy) is 1. The highest BCUT2D eigenvalue weighted by Crippen LogP contribution is 2.37. The first-order valence-electron chi connectivity index (χ1n) is 11.7. The highest BCUT2D eigenvalue weighted by molar-refractivity contribution is 6.32. The molecule has 0 aliphatic carbocycles. The number of aromatic amines is 1. The minimum atomic E-state index is -0.266. The Balaban J connectivity index is 1.60. The van der Waals surface area contributed by atoms with Crippen molar-refractivity contribution >= 4 is 67.5 Å². The van der Waals surface area contributed by atoms with E-state index >= 15 is 0 Å². The first-order chi connectivity index (χ1) is 17.7. The van der Waals surface area contributed by atoms with Crippen LogP contribution in [0.25, 0.3) is 32.8 Å². The molecule has 0 unspecified atom stereocenters. The maximum Gasteiger partial charge on any atom is 0.260 e. The van der Waals surface area contributed by atoms with Gasteiger partial charge in [0.25, 0.3) is 5.56 Å². The fourth-order valence-corrected chi connectivity index (χ4v) is 4.71. The summed E-state index contributed by atoms with van der Waals surface area (Å²) in [5, 5.41) is 5.98. The second-order valence-electron chi connectivity index (χ2n) is 9.32. The van der Waals surface area contributed by atoms with Gasteiger partial charge in [-0.25, -0.2) is 9.97 Å². The lowest BCUT2D eigenvalue weighted by molar-refractivity contribution is 0.413. The Morgan fingerprint density at radius 1 is 1.16 bits per heavy atom. The Hall–Kier alpha value is -4.02. The molecule has 3 aromatic heterocycles. The number of halogens is 1. The van der Waals surface area contributed by atoms with Crippen molar-refractivity contribution in [3.05, 3.63) is 51.9 Å². The Kier molecular flexibility index (Phi) is 6.30. The molecule has 10 nitrogen and oxygen atoms in total. The molecule has 0 saturated heterocycles. The second-order valence-corrected chi connectivity index (χ2v) is 9.75. The molecular formula is C26H29ClN8O2. The van der Waals surface area contributed by atoms with E-state index in [9.17, 15) is 4.79 Å². The SMILES string of the molecule is COc1cc(N(C)CCN(C)C)c(N)cc1Nc1ncc2c(=O)[nH]c3c(c4ccc(Cl)cc4n3C)c2n1. The van der Waals surface area contributed by atoms with Gasteiger partial charge in [-0.15, -0.1) is 0 Å². The monoisotopic (exact) mass is 520 g/mol.